The molecule has 1 amide bonds. The van der Waals surface area contributed by atoms with Gasteiger partial charge in [0.1, 0.15) is 0 Å². The molecule has 0 unspecified atom stereocenters. The fourth-order valence-corrected chi connectivity index (χ4v) is 4.12. The maximum Gasteiger partial charge on any atom is 0.259 e. The van der Waals surface area contributed by atoms with Gasteiger partial charge in [0, 0.05) is 25.3 Å². The van der Waals surface area contributed by atoms with E-state index in [1.165, 1.54) is 11.1 Å². The summed E-state index contributed by atoms with van der Waals surface area (Å²) in [5.41, 5.74) is 5.99. The molecule has 1 heterocycles. The van der Waals surface area contributed by atoms with Crippen LogP contribution in [0.25, 0.3) is 11.1 Å². The van der Waals surface area contributed by atoms with E-state index < -0.39 is 0 Å². The number of fused-ring (bicyclic) bond motifs is 1. The maximum absolute atomic E-state index is 13.2. The normalized spacial score (nSPS) is 12.8. The molecular weight excluding hydrogens is 384 g/mol. The Morgan fingerprint density at radius 3 is 2.66 bits per heavy atom. The predicted octanol–water partition coefficient (Wildman–Crippen LogP) is 4.29. The lowest BCUT2D eigenvalue weighted by atomic mass is 9.98. The Balaban J connectivity index is 1.60. The summed E-state index contributed by atoms with van der Waals surface area (Å²) in [5.74, 6) is -0.0752. The van der Waals surface area contributed by atoms with Crippen LogP contribution in [0.5, 0.6) is 0 Å². The second kappa shape index (κ2) is 8.78. The lowest BCUT2D eigenvalue weighted by Gasteiger charge is -2.19. The summed E-state index contributed by atoms with van der Waals surface area (Å²) in [4.78, 5) is 15.1. The molecule has 0 aliphatic carbocycles. The molecule has 0 spiro atoms. The molecule has 29 heavy (non-hydrogen) atoms. The first-order valence-electron chi connectivity index (χ1n) is 9.78. The monoisotopic (exact) mass is 406 g/mol. The average Bonchev–Trinajstić information content (AvgIpc) is 3.18. The summed E-state index contributed by atoms with van der Waals surface area (Å²) in [6, 6.07) is 21.9. The van der Waals surface area contributed by atoms with E-state index in [-0.39, 0.29) is 12.5 Å². The number of hydrogen-bond acceptors (Lipinski definition) is 3. The van der Waals surface area contributed by atoms with Crippen LogP contribution in [0.4, 0.5) is 5.69 Å². The fraction of sp³-hybridized carbons (Fsp3) is 0.208. The third kappa shape index (κ3) is 4.06. The van der Waals surface area contributed by atoms with Crippen LogP contribution in [-0.4, -0.2) is 30.7 Å². The van der Waals surface area contributed by atoms with Crippen molar-refractivity contribution in [3.8, 4) is 11.1 Å². The molecule has 4 rings (SSSR count). The third-order valence-corrected chi connectivity index (χ3v) is 5.55. The number of anilines is 1. The fourth-order valence-electron chi connectivity index (χ4n) is 3.83. The minimum Gasteiger partial charge on any atom is -0.395 e. The zero-order valence-electron chi connectivity index (χ0n) is 16.1. The van der Waals surface area contributed by atoms with Gasteiger partial charge in [0.2, 0.25) is 0 Å². The number of carbonyl (C=O) groups is 1. The van der Waals surface area contributed by atoms with Crippen LogP contribution >= 0.6 is 11.6 Å². The molecule has 1 aliphatic rings. The summed E-state index contributed by atoms with van der Waals surface area (Å²) >= 11 is 6.45. The molecule has 0 fully saturated rings. The highest BCUT2D eigenvalue weighted by molar-refractivity contribution is 6.34. The Morgan fingerprint density at radius 1 is 1.07 bits per heavy atom. The van der Waals surface area contributed by atoms with Gasteiger partial charge in [-0.15, -0.1) is 0 Å². The Kier molecular flexibility index (Phi) is 5.95. The van der Waals surface area contributed by atoms with Crippen LogP contribution in [0.2, 0.25) is 5.02 Å². The summed E-state index contributed by atoms with van der Waals surface area (Å²) in [6.07, 6.45) is 0.826. The van der Waals surface area contributed by atoms with Crippen LogP contribution in [0.3, 0.4) is 0 Å². The van der Waals surface area contributed by atoms with Crippen LogP contribution in [0.15, 0.2) is 66.7 Å². The standard InChI is InChI=1S/C24H23ClN2O2/c25-22-15-17(16-26-12-14-28)9-10-21(22)24(29)27-13-11-20-19(7-4-8-23(20)27)18-5-2-1-3-6-18/h1-10,15,26,28H,11-14,16H2. The van der Waals surface area contributed by atoms with Gasteiger partial charge in [-0.3, -0.25) is 4.79 Å². The van der Waals surface area contributed by atoms with Crippen LogP contribution in [-0.2, 0) is 13.0 Å². The molecule has 1 aliphatic heterocycles. The van der Waals surface area contributed by atoms with Gasteiger partial charge < -0.3 is 15.3 Å². The van der Waals surface area contributed by atoms with Crippen molar-refractivity contribution in [2.75, 3.05) is 24.6 Å². The highest BCUT2D eigenvalue weighted by Crippen LogP contribution is 2.37. The van der Waals surface area contributed by atoms with Crippen molar-refractivity contribution in [2.45, 2.75) is 13.0 Å². The van der Waals surface area contributed by atoms with Gasteiger partial charge >= 0.3 is 0 Å². The van der Waals surface area contributed by atoms with Crippen molar-refractivity contribution in [1.82, 2.24) is 5.32 Å². The molecule has 148 valence electrons. The first-order chi connectivity index (χ1) is 14.2. The van der Waals surface area contributed by atoms with Gasteiger partial charge in [0.25, 0.3) is 5.91 Å². The minimum absolute atomic E-state index is 0.0752. The predicted molar refractivity (Wildman–Crippen MR) is 118 cm³/mol. The molecule has 0 radical (unpaired) electrons. The SMILES string of the molecule is O=C(c1ccc(CNCCO)cc1Cl)N1CCc2c(-c3ccccc3)cccc21. The topological polar surface area (TPSA) is 52.6 Å². The summed E-state index contributed by atoms with van der Waals surface area (Å²) < 4.78 is 0. The zero-order chi connectivity index (χ0) is 20.2. The van der Waals surface area contributed by atoms with E-state index in [2.05, 4.69) is 23.5 Å². The molecule has 0 saturated carbocycles. The molecule has 4 nitrogen and oxygen atoms in total. The van der Waals surface area contributed by atoms with Gasteiger partial charge in [-0.25, -0.2) is 0 Å². The van der Waals surface area contributed by atoms with Crippen molar-refractivity contribution in [3.05, 3.63) is 88.4 Å². The van der Waals surface area contributed by atoms with E-state index >= 15 is 0 Å². The highest BCUT2D eigenvalue weighted by Gasteiger charge is 2.28. The summed E-state index contributed by atoms with van der Waals surface area (Å²) in [6.45, 7) is 1.85. The molecule has 0 aromatic heterocycles. The lowest BCUT2D eigenvalue weighted by Crippen LogP contribution is -2.29. The van der Waals surface area contributed by atoms with Crippen molar-refractivity contribution >= 4 is 23.2 Å². The first-order valence-corrected chi connectivity index (χ1v) is 10.2. The Hall–Kier alpha value is -2.66. The van der Waals surface area contributed by atoms with Crippen molar-refractivity contribution in [1.29, 1.82) is 0 Å². The molecular formula is C24H23ClN2O2. The molecule has 2 N–H and O–H groups in total. The van der Waals surface area contributed by atoms with E-state index in [0.717, 1.165) is 23.2 Å². The Labute approximate surface area is 175 Å². The smallest absolute Gasteiger partial charge is 0.259 e. The number of aliphatic hydroxyl groups excluding tert-OH is 1. The molecule has 0 saturated heterocycles. The van der Waals surface area contributed by atoms with E-state index in [0.29, 0.717) is 30.2 Å². The maximum atomic E-state index is 13.2. The number of rotatable bonds is 6. The molecule has 5 heteroatoms. The molecule has 3 aromatic carbocycles. The second-order valence-corrected chi connectivity index (χ2v) is 7.50. The summed E-state index contributed by atoms with van der Waals surface area (Å²) in [7, 11) is 0. The number of halogens is 1. The van der Waals surface area contributed by atoms with Gasteiger partial charge in [-0.1, -0.05) is 60.1 Å². The minimum atomic E-state index is -0.0752. The average molecular weight is 407 g/mol. The first kappa shape index (κ1) is 19.6. The molecule has 0 atom stereocenters. The van der Waals surface area contributed by atoms with E-state index in [1.54, 1.807) is 6.07 Å². The van der Waals surface area contributed by atoms with Gasteiger partial charge in [-0.2, -0.15) is 0 Å². The van der Waals surface area contributed by atoms with E-state index in [9.17, 15) is 4.79 Å². The van der Waals surface area contributed by atoms with Gasteiger partial charge in [-0.05, 0) is 46.9 Å². The Bertz CT molecular complexity index is 1020. The summed E-state index contributed by atoms with van der Waals surface area (Å²) in [5, 5.41) is 12.4. The van der Waals surface area contributed by atoms with Crippen molar-refractivity contribution in [2.24, 2.45) is 0 Å². The van der Waals surface area contributed by atoms with E-state index in [1.807, 2.05) is 47.4 Å². The third-order valence-electron chi connectivity index (χ3n) is 5.24. The number of nitrogens with zero attached hydrogens (tertiary/aromatic N) is 1. The highest BCUT2D eigenvalue weighted by atomic mass is 35.5. The van der Waals surface area contributed by atoms with Crippen LogP contribution < -0.4 is 10.2 Å². The van der Waals surface area contributed by atoms with Crippen LogP contribution in [0, 0.1) is 0 Å². The number of carbonyl (C=O) groups excluding carboxylic acids is 1. The quantitative estimate of drug-likeness (QED) is 0.600. The number of amides is 1. The number of benzene rings is 3. The number of nitrogens with one attached hydrogen (secondary N) is 1. The van der Waals surface area contributed by atoms with Crippen molar-refractivity contribution < 1.29 is 9.90 Å². The number of hydrogen-bond donors (Lipinski definition) is 2. The zero-order valence-corrected chi connectivity index (χ0v) is 16.8. The Morgan fingerprint density at radius 2 is 1.90 bits per heavy atom. The van der Waals surface area contributed by atoms with E-state index in [4.69, 9.17) is 16.7 Å². The molecule has 3 aromatic rings. The second-order valence-electron chi connectivity index (χ2n) is 7.09. The van der Waals surface area contributed by atoms with Crippen molar-refractivity contribution in [3.63, 3.8) is 0 Å². The van der Waals surface area contributed by atoms with Gasteiger partial charge in [0.15, 0.2) is 0 Å². The largest absolute Gasteiger partial charge is 0.395 e. The van der Waals surface area contributed by atoms with Crippen LogP contribution in [0.1, 0.15) is 21.5 Å². The lowest BCUT2D eigenvalue weighted by molar-refractivity contribution is 0.0989. The van der Waals surface area contributed by atoms with Gasteiger partial charge in [0.05, 0.1) is 17.2 Å². The molecule has 0 bridgehead atoms. The number of aliphatic hydroxyl groups is 1.